The summed E-state index contributed by atoms with van der Waals surface area (Å²) < 4.78 is 1.73. The summed E-state index contributed by atoms with van der Waals surface area (Å²) in [6, 6.07) is 0. The van der Waals surface area contributed by atoms with Crippen molar-refractivity contribution in [2.45, 2.75) is 13.5 Å². The third-order valence-corrected chi connectivity index (χ3v) is 1.95. The largest absolute Gasteiger partial charge is 0.347 e. The van der Waals surface area contributed by atoms with E-state index in [0.29, 0.717) is 12.5 Å². The summed E-state index contributed by atoms with van der Waals surface area (Å²) in [4.78, 5) is 11.3. The minimum atomic E-state index is 0.608. The first kappa shape index (κ1) is 8.74. The minimum Gasteiger partial charge on any atom is -0.347 e. The Morgan fingerprint density at radius 3 is 3.00 bits per heavy atom. The van der Waals surface area contributed by atoms with Gasteiger partial charge in [-0.05, 0) is 6.92 Å². The van der Waals surface area contributed by atoms with Crippen LogP contribution in [0.5, 0.6) is 0 Å². The topological polar surface area (TPSA) is 71.4 Å². The van der Waals surface area contributed by atoms with Crippen LogP contribution in [0.3, 0.4) is 0 Å². The molecular weight excluding hydrogens is 180 g/mol. The van der Waals surface area contributed by atoms with Gasteiger partial charge in [0.15, 0.2) is 0 Å². The zero-order valence-electron chi connectivity index (χ0n) is 8.15. The number of imidazole rings is 1. The van der Waals surface area contributed by atoms with Crippen molar-refractivity contribution in [3.63, 3.8) is 0 Å². The van der Waals surface area contributed by atoms with E-state index in [1.807, 2.05) is 14.0 Å². The number of hydrogen-bond donors (Lipinski definition) is 2. The first-order valence-corrected chi connectivity index (χ1v) is 4.35. The number of hydrogen-bond acceptors (Lipinski definition) is 4. The molecular formula is C8H12N6. The molecule has 0 aromatic carbocycles. The van der Waals surface area contributed by atoms with Crippen molar-refractivity contribution in [1.29, 1.82) is 0 Å². The van der Waals surface area contributed by atoms with E-state index in [1.165, 1.54) is 0 Å². The summed E-state index contributed by atoms with van der Waals surface area (Å²) >= 11 is 0. The normalized spacial score (nSPS) is 10.4. The standard InChI is InChI=1S/C8H12N6/c1-6-12-8(13-14(6)2)11-5-7-9-3-4-10-7/h3-4H,5H2,1-2H3,(H,9,10)(H,11,13). The van der Waals surface area contributed by atoms with Crippen molar-refractivity contribution in [3.05, 3.63) is 24.0 Å². The molecule has 74 valence electrons. The summed E-state index contributed by atoms with van der Waals surface area (Å²) in [5.74, 6) is 2.38. The number of nitrogens with zero attached hydrogens (tertiary/aromatic N) is 4. The molecule has 2 N–H and O–H groups in total. The van der Waals surface area contributed by atoms with E-state index >= 15 is 0 Å². The molecule has 0 saturated carbocycles. The second kappa shape index (κ2) is 3.49. The van der Waals surface area contributed by atoms with Gasteiger partial charge in [0.1, 0.15) is 11.6 Å². The molecule has 0 saturated heterocycles. The highest BCUT2D eigenvalue weighted by atomic mass is 15.4. The molecule has 2 rings (SSSR count). The van der Waals surface area contributed by atoms with Crippen LogP contribution in [0.4, 0.5) is 5.95 Å². The maximum absolute atomic E-state index is 4.21. The van der Waals surface area contributed by atoms with Crippen molar-refractivity contribution in [1.82, 2.24) is 24.7 Å². The molecule has 0 radical (unpaired) electrons. The van der Waals surface area contributed by atoms with Gasteiger partial charge >= 0.3 is 0 Å². The van der Waals surface area contributed by atoms with Gasteiger partial charge in [-0.1, -0.05) is 0 Å². The number of aryl methyl sites for hydroxylation is 2. The Morgan fingerprint density at radius 1 is 1.57 bits per heavy atom. The highest BCUT2D eigenvalue weighted by Crippen LogP contribution is 2.01. The summed E-state index contributed by atoms with van der Waals surface area (Å²) in [5, 5.41) is 7.23. The molecule has 6 heteroatoms. The summed E-state index contributed by atoms with van der Waals surface area (Å²) in [6.45, 7) is 2.52. The molecule has 14 heavy (non-hydrogen) atoms. The zero-order valence-corrected chi connectivity index (χ0v) is 8.15. The van der Waals surface area contributed by atoms with Crippen LogP contribution in [0.15, 0.2) is 12.4 Å². The van der Waals surface area contributed by atoms with Gasteiger partial charge in [-0.2, -0.15) is 4.98 Å². The highest BCUT2D eigenvalue weighted by Gasteiger charge is 2.02. The molecule has 0 spiro atoms. The van der Waals surface area contributed by atoms with Crippen LogP contribution in [0, 0.1) is 6.92 Å². The predicted octanol–water partition coefficient (Wildman–Crippen LogP) is 0.459. The van der Waals surface area contributed by atoms with E-state index in [0.717, 1.165) is 11.6 Å². The summed E-state index contributed by atoms with van der Waals surface area (Å²) in [5.41, 5.74) is 0. The molecule has 0 bridgehead atoms. The second-order valence-electron chi connectivity index (χ2n) is 3.00. The lowest BCUT2D eigenvalue weighted by Crippen LogP contribution is -2.03. The summed E-state index contributed by atoms with van der Waals surface area (Å²) in [7, 11) is 1.86. The lowest BCUT2D eigenvalue weighted by molar-refractivity contribution is 0.734. The van der Waals surface area contributed by atoms with Gasteiger partial charge in [-0.3, -0.25) is 4.68 Å². The smallest absolute Gasteiger partial charge is 0.242 e. The van der Waals surface area contributed by atoms with Gasteiger partial charge in [0, 0.05) is 19.4 Å². The lowest BCUT2D eigenvalue weighted by Gasteiger charge is -1.96. The first-order valence-electron chi connectivity index (χ1n) is 4.35. The molecule has 0 fully saturated rings. The first-order chi connectivity index (χ1) is 6.75. The van der Waals surface area contributed by atoms with E-state index in [9.17, 15) is 0 Å². The number of rotatable bonds is 3. The van der Waals surface area contributed by atoms with Crippen LogP contribution in [-0.2, 0) is 13.6 Å². The molecule has 2 heterocycles. The fraction of sp³-hybridized carbons (Fsp3) is 0.375. The molecule has 2 aromatic rings. The lowest BCUT2D eigenvalue weighted by atomic mass is 10.6. The third kappa shape index (κ3) is 1.73. The van der Waals surface area contributed by atoms with Gasteiger partial charge in [0.05, 0.1) is 6.54 Å². The Kier molecular flexibility index (Phi) is 2.18. The van der Waals surface area contributed by atoms with Gasteiger partial charge in [-0.25, -0.2) is 4.98 Å². The van der Waals surface area contributed by atoms with Crippen LogP contribution in [0.2, 0.25) is 0 Å². The average molecular weight is 192 g/mol. The number of aromatic nitrogens is 5. The van der Waals surface area contributed by atoms with Crippen molar-refractivity contribution >= 4 is 5.95 Å². The maximum atomic E-state index is 4.21. The van der Waals surface area contributed by atoms with Gasteiger partial charge < -0.3 is 10.3 Å². The second-order valence-corrected chi connectivity index (χ2v) is 3.00. The van der Waals surface area contributed by atoms with E-state index in [-0.39, 0.29) is 0 Å². The Labute approximate surface area is 81.4 Å². The molecule has 0 amide bonds. The van der Waals surface area contributed by atoms with Gasteiger partial charge in [0.2, 0.25) is 5.95 Å². The Bertz CT molecular complexity index is 382. The fourth-order valence-electron chi connectivity index (χ4n) is 1.09. The summed E-state index contributed by atoms with van der Waals surface area (Å²) in [6.07, 6.45) is 3.50. The van der Waals surface area contributed by atoms with Crippen molar-refractivity contribution in [2.24, 2.45) is 7.05 Å². The van der Waals surface area contributed by atoms with Crippen LogP contribution < -0.4 is 5.32 Å². The van der Waals surface area contributed by atoms with Crippen LogP contribution in [0.1, 0.15) is 11.6 Å². The quantitative estimate of drug-likeness (QED) is 0.741. The van der Waals surface area contributed by atoms with Gasteiger partial charge in [0.25, 0.3) is 0 Å². The van der Waals surface area contributed by atoms with E-state index in [2.05, 4.69) is 25.4 Å². The van der Waals surface area contributed by atoms with E-state index in [4.69, 9.17) is 0 Å². The van der Waals surface area contributed by atoms with Crippen LogP contribution in [0.25, 0.3) is 0 Å². The highest BCUT2D eigenvalue weighted by molar-refractivity contribution is 5.23. The Balaban J connectivity index is 1.98. The number of aromatic amines is 1. The monoisotopic (exact) mass is 192 g/mol. The van der Waals surface area contributed by atoms with Crippen molar-refractivity contribution in [3.8, 4) is 0 Å². The van der Waals surface area contributed by atoms with Crippen molar-refractivity contribution < 1.29 is 0 Å². The molecule has 0 atom stereocenters. The molecule has 0 aliphatic carbocycles. The maximum Gasteiger partial charge on any atom is 0.242 e. The predicted molar refractivity (Wildman–Crippen MR) is 51.7 cm³/mol. The SMILES string of the molecule is Cc1nc(NCc2ncc[nH]2)nn1C. The fourth-order valence-corrected chi connectivity index (χ4v) is 1.09. The molecule has 0 unspecified atom stereocenters. The van der Waals surface area contributed by atoms with Crippen LogP contribution in [-0.4, -0.2) is 24.7 Å². The molecule has 0 aliphatic heterocycles. The number of H-pyrrole nitrogens is 1. The Hall–Kier alpha value is -1.85. The third-order valence-electron chi connectivity index (χ3n) is 1.95. The number of anilines is 1. The zero-order chi connectivity index (χ0) is 9.97. The molecule has 2 aromatic heterocycles. The van der Waals surface area contributed by atoms with E-state index in [1.54, 1.807) is 17.1 Å². The minimum absolute atomic E-state index is 0.608. The average Bonchev–Trinajstić information content (AvgIpc) is 2.74. The van der Waals surface area contributed by atoms with Crippen LogP contribution >= 0.6 is 0 Å². The number of nitrogens with one attached hydrogen (secondary N) is 2. The molecule has 0 aliphatic rings. The van der Waals surface area contributed by atoms with E-state index < -0.39 is 0 Å². The molecule has 6 nitrogen and oxygen atoms in total. The Morgan fingerprint density at radius 2 is 2.43 bits per heavy atom. The van der Waals surface area contributed by atoms with Gasteiger partial charge in [-0.15, -0.1) is 5.10 Å². The van der Waals surface area contributed by atoms with Crippen molar-refractivity contribution in [2.75, 3.05) is 5.32 Å².